The van der Waals surface area contributed by atoms with Crippen molar-refractivity contribution >= 4 is 39.1 Å². The number of anilines is 1. The third kappa shape index (κ3) is 3.94. The van der Waals surface area contributed by atoms with Crippen LogP contribution < -0.4 is 5.32 Å². The van der Waals surface area contributed by atoms with Gasteiger partial charge in [0.25, 0.3) is 11.8 Å². The summed E-state index contributed by atoms with van der Waals surface area (Å²) < 4.78 is 11.3. The molecule has 0 saturated carbocycles. The highest BCUT2D eigenvalue weighted by molar-refractivity contribution is 7.20. The summed E-state index contributed by atoms with van der Waals surface area (Å²) in [6, 6.07) is 17.5. The van der Waals surface area contributed by atoms with Gasteiger partial charge < -0.3 is 19.4 Å². The molecule has 168 valence electrons. The molecule has 6 nitrogen and oxygen atoms in total. The van der Waals surface area contributed by atoms with Crippen LogP contribution in [0.25, 0.3) is 21.4 Å². The fraction of sp³-hybridized carbons (Fsp3) is 0.231. The zero-order valence-corrected chi connectivity index (χ0v) is 19.3. The quantitative estimate of drug-likeness (QED) is 0.436. The van der Waals surface area contributed by atoms with Crippen LogP contribution in [0.4, 0.5) is 5.00 Å². The van der Waals surface area contributed by atoms with Gasteiger partial charge in [-0.15, -0.1) is 11.3 Å². The lowest BCUT2D eigenvalue weighted by molar-refractivity contribution is 0.0303. The van der Waals surface area contributed by atoms with Crippen molar-refractivity contribution in [1.29, 1.82) is 0 Å². The van der Waals surface area contributed by atoms with Crippen LogP contribution in [0.1, 0.15) is 32.0 Å². The number of hydrogen-bond donors (Lipinski definition) is 1. The molecular weight excluding hydrogens is 436 g/mol. The Kier molecular flexibility index (Phi) is 5.74. The molecule has 0 unspecified atom stereocenters. The number of fused-ring (bicyclic) bond motifs is 1. The minimum Gasteiger partial charge on any atom is -0.451 e. The van der Waals surface area contributed by atoms with Crippen LogP contribution in [0, 0.1) is 13.8 Å². The smallest absolute Gasteiger partial charge is 0.292 e. The van der Waals surface area contributed by atoms with Gasteiger partial charge in [-0.3, -0.25) is 9.59 Å². The molecule has 4 aromatic rings. The van der Waals surface area contributed by atoms with E-state index in [2.05, 4.69) is 5.32 Å². The van der Waals surface area contributed by atoms with Crippen molar-refractivity contribution in [3.63, 3.8) is 0 Å². The molecule has 5 rings (SSSR count). The molecule has 0 radical (unpaired) electrons. The first-order valence-corrected chi connectivity index (χ1v) is 11.7. The Morgan fingerprint density at radius 2 is 1.64 bits per heavy atom. The number of morpholine rings is 1. The SMILES string of the molecule is Cc1c(-c2ccccc2)sc(NC(=O)c2oc3ccccc3c2C)c1C(=O)N1CCOCC1. The van der Waals surface area contributed by atoms with Crippen LogP contribution in [0.3, 0.4) is 0 Å². The van der Waals surface area contributed by atoms with Crippen molar-refractivity contribution < 1.29 is 18.7 Å². The summed E-state index contributed by atoms with van der Waals surface area (Å²) in [5.41, 5.74) is 3.84. The Labute approximate surface area is 195 Å². The van der Waals surface area contributed by atoms with E-state index in [1.807, 2.05) is 68.4 Å². The third-order valence-corrected chi connectivity index (χ3v) is 7.23. The number of furan rings is 1. The van der Waals surface area contributed by atoms with E-state index < -0.39 is 0 Å². The van der Waals surface area contributed by atoms with Crippen LogP contribution in [-0.4, -0.2) is 43.0 Å². The number of nitrogens with one attached hydrogen (secondary N) is 1. The predicted molar refractivity (Wildman–Crippen MR) is 130 cm³/mol. The summed E-state index contributed by atoms with van der Waals surface area (Å²) in [5.74, 6) is -0.195. The fourth-order valence-electron chi connectivity index (χ4n) is 4.20. The van der Waals surface area contributed by atoms with Gasteiger partial charge in [-0.1, -0.05) is 48.5 Å². The van der Waals surface area contributed by atoms with E-state index in [0.717, 1.165) is 27.0 Å². The van der Waals surface area contributed by atoms with E-state index in [1.165, 1.54) is 11.3 Å². The summed E-state index contributed by atoms with van der Waals surface area (Å²) in [4.78, 5) is 29.5. The number of benzene rings is 2. The van der Waals surface area contributed by atoms with Crippen molar-refractivity contribution in [3.8, 4) is 10.4 Å². The van der Waals surface area contributed by atoms with Gasteiger partial charge in [0.1, 0.15) is 10.6 Å². The number of para-hydroxylation sites is 1. The number of hydrogen-bond acceptors (Lipinski definition) is 5. The maximum absolute atomic E-state index is 13.5. The second kappa shape index (κ2) is 8.84. The van der Waals surface area contributed by atoms with E-state index in [4.69, 9.17) is 9.15 Å². The first-order valence-electron chi connectivity index (χ1n) is 10.9. The summed E-state index contributed by atoms with van der Waals surface area (Å²) >= 11 is 1.41. The number of rotatable bonds is 4. The van der Waals surface area contributed by atoms with Crippen LogP contribution in [0.15, 0.2) is 59.0 Å². The normalized spacial score (nSPS) is 13.9. The highest BCUT2D eigenvalue weighted by atomic mass is 32.1. The van der Waals surface area contributed by atoms with Gasteiger partial charge in [0.15, 0.2) is 5.76 Å². The molecule has 0 spiro atoms. The van der Waals surface area contributed by atoms with Crippen LogP contribution in [0.5, 0.6) is 0 Å². The molecule has 1 fully saturated rings. The molecule has 1 aliphatic heterocycles. The molecule has 3 heterocycles. The number of carbonyl (C=O) groups excluding carboxylic acids is 2. The number of ether oxygens (including phenoxy) is 1. The Morgan fingerprint density at radius 1 is 0.939 bits per heavy atom. The summed E-state index contributed by atoms with van der Waals surface area (Å²) in [6.07, 6.45) is 0. The Balaban J connectivity index is 1.55. The molecule has 33 heavy (non-hydrogen) atoms. The molecule has 1 N–H and O–H groups in total. The second-order valence-corrected chi connectivity index (χ2v) is 9.06. The second-order valence-electron chi connectivity index (χ2n) is 8.04. The third-order valence-electron chi connectivity index (χ3n) is 5.97. The average Bonchev–Trinajstić information content (AvgIpc) is 3.36. The molecule has 7 heteroatoms. The van der Waals surface area contributed by atoms with Crippen LogP contribution in [-0.2, 0) is 4.74 Å². The topological polar surface area (TPSA) is 71.8 Å². The van der Waals surface area contributed by atoms with Crippen LogP contribution in [0.2, 0.25) is 0 Å². The zero-order valence-electron chi connectivity index (χ0n) is 18.5. The molecular formula is C26H24N2O4S. The molecule has 0 aliphatic carbocycles. The van der Waals surface area contributed by atoms with Crippen molar-refractivity contribution in [2.45, 2.75) is 13.8 Å². The van der Waals surface area contributed by atoms with Crippen molar-refractivity contribution in [1.82, 2.24) is 4.90 Å². The van der Waals surface area contributed by atoms with E-state index in [0.29, 0.717) is 42.5 Å². The van der Waals surface area contributed by atoms with Crippen molar-refractivity contribution in [3.05, 3.63) is 77.0 Å². The number of thiophene rings is 1. The van der Waals surface area contributed by atoms with Gasteiger partial charge in [-0.05, 0) is 31.0 Å². The minimum atomic E-state index is -0.361. The largest absolute Gasteiger partial charge is 0.451 e. The Morgan fingerprint density at radius 3 is 2.36 bits per heavy atom. The van der Waals surface area contributed by atoms with E-state index in [9.17, 15) is 9.59 Å². The standard InChI is InChI=1S/C26H24N2O4S/c1-16-19-10-6-7-11-20(19)32-22(16)24(29)27-25-21(26(30)28-12-14-31-15-13-28)17(2)23(33-25)18-8-4-3-5-9-18/h3-11H,12-15H2,1-2H3,(H,27,29). The Bertz CT molecular complexity index is 1330. The number of amides is 2. The van der Waals surface area contributed by atoms with Gasteiger partial charge in [0.2, 0.25) is 0 Å². The summed E-state index contributed by atoms with van der Waals surface area (Å²) in [6.45, 7) is 5.90. The maximum atomic E-state index is 13.5. The van der Waals surface area contributed by atoms with Gasteiger partial charge in [-0.25, -0.2) is 0 Å². The summed E-state index contributed by atoms with van der Waals surface area (Å²) in [5, 5.41) is 4.42. The highest BCUT2D eigenvalue weighted by Gasteiger charge is 2.29. The lowest BCUT2D eigenvalue weighted by atomic mass is 10.1. The number of nitrogens with zero attached hydrogens (tertiary/aromatic N) is 1. The molecule has 1 saturated heterocycles. The van der Waals surface area contributed by atoms with Gasteiger partial charge >= 0.3 is 0 Å². The van der Waals surface area contributed by atoms with Gasteiger partial charge in [-0.2, -0.15) is 0 Å². The molecule has 2 aromatic heterocycles. The molecule has 2 amide bonds. The average molecular weight is 461 g/mol. The van der Waals surface area contributed by atoms with E-state index >= 15 is 0 Å². The molecule has 1 aliphatic rings. The van der Waals surface area contributed by atoms with Crippen molar-refractivity contribution in [2.24, 2.45) is 0 Å². The van der Waals surface area contributed by atoms with Crippen LogP contribution >= 0.6 is 11.3 Å². The van der Waals surface area contributed by atoms with Gasteiger partial charge in [0, 0.05) is 28.9 Å². The fourth-order valence-corrected chi connectivity index (χ4v) is 5.40. The maximum Gasteiger partial charge on any atom is 0.292 e. The lowest BCUT2D eigenvalue weighted by Crippen LogP contribution is -2.41. The number of aryl methyl sites for hydroxylation is 1. The van der Waals surface area contributed by atoms with Gasteiger partial charge in [0.05, 0.1) is 18.8 Å². The van der Waals surface area contributed by atoms with Crippen molar-refractivity contribution in [2.75, 3.05) is 31.6 Å². The predicted octanol–water partition coefficient (Wildman–Crippen LogP) is 5.50. The first kappa shape index (κ1) is 21.4. The Hall–Kier alpha value is -3.42. The lowest BCUT2D eigenvalue weighted by Gasteiger charge is -2.27. The number of carbonyl (C=O) groups is 2. The summed E-state index contributed by atoms with van der Waals surface area (Å²) in [7, 11) is 0. The molecule has 2 aromatic carbocycles. The molecule has 0 atom stereocenters. The first-order chi connectivity index (χ1) is 16.0. The molecule has 0 bridgehead atoms. The highest BCUT2D eigenvalue weighted by Crippen LogP contribution is 2.41. The minimum absolute atomic E-state index is 0.0918. The monoisotopic (exact) mass is 460 g/mol. The zero-order chi connectivity index (χ0) is 22.9. The van der Waals surface area contributed by atoms with E-state index in [1.54, 1.807) is 4.90 Å². The van der Waals surface area contributed by atoms with E-state index in [-0.39, 0.29) is 17.6 Å².